The van der Waals surface area contributed by atoms with Gasteiger partial charge in [-0.3, -0.25) is 10.1 Å². The van der Waals surface area contributed by atoms with Gasteiger partial charge in [0.2, 0.25) is 0 Å². The van der Waals surface area contributed by atoms with E-state index in [0.717, 1.165) is 41.6 Å². The van der Waals surface area contributed by atoms with Crippen molar-refractivity contribution in [2.24, 2.45) is 0 Å². The van der Waals surface area contributed by atoms with Crippen LogP contribution in [0.3, 0.4) is 0 Å². The Kier molecular flexibility index (Phi) is 7.90. The number of hydrogen-bond acceptors (Lipinski definition) is 5. The first-order chi connectivity index (χ1) is 17.0. The number of carbonyl (C=O) groups excluding carboxylic acids is 1. The second-order valence-corrected chi connectivity index (χ2v) is 8.69. The average molecular weight is 471 g/mol. The van der Waals surface area contributed by atoms with Gasteiger partial charge in [0.1, 0.15) is 0 Å². The molecule has 0 unspecified atom stereocenters. The van der Waals surface area contributed by atoms with Gasteiger partial charge in [-0.05, 0) is 57.2 Å². The van der Waals surface area contributed by atoms with Crippen molar-refractivity contribution in [1.29, 1.82) is 0 Å². The minimum atomic E-state index is -0.470. The van der Waals surface area contributed by atoms with Gasteiger partial charge in [0.15, 0.2) is 0 Å². The normalized spacial score (nSPS) is 11.1. The molecule has 0 spiro atoms. The zero-order chi connectivity index (χ0) is 24.6. The fourth-order valence-corrected chi connectivity index (χ4v) is 3.87. The lowest BCUT2D eigenvalue weighted by Gasteiger charge is -2.12. The van der Waals surface area contributed by atoms with Crippen LogP contribution in [0.25, 0.3) is 22.0 Å². The van der Waals surface area contributed by atoms with Gasteiger partial charge in [-0.1, -0.05) is 60.7 Å². The Morgan fingerprint density at radius 3 is 2.31 bits per heavy atom. The molecule has 0 radical (unpaired) electrons. The summed E-state index contributed by atoms with van der Waals surface area (Å²) in [6.45, 7) is 1.67. The number of rotatable bonds is 9. The highest BCUT2D eigenvalue weighted by Gasteiger charge is 2.12. The minimum absolute atomic E-state index is 0.139. The van der Waals surface area contributed by atoms with E-state index in [4.69, 9.17) is 9.84 Å². The lowest BCUT2D eigenvalue weighted by Crippen LogP contribution is -2.24. The van der Waals surface area contributed by atoms with Gasteiger partial charge in [-0.15, -0.1) is 0 Å². The zero-order valence-electron chi connectivity index (χ0n) is 20.1. The Hall–Kier alpha value is -3.97. The Labute approximate surface area is 205 Å². The van der Waals surface area contributed by atoms with Crippen LogP contribution in [0.2, 0.25) is 0 Å². The number of aromatic nitrogens is 2. The van der Waals surface area contributed by atoms with Crippen LogP contribution in [0.4, 0.5) is 10.5 Å². The molecule has 3 aromatic carbocycles. The Morgan fingerprint density at radius 1 is 0.914 bits per heavy atom. The quantitative estimate of drug-likeness (QED) is 0.348. The second kappa shape index (κ2) is 11.4. The molecule has 180 valence electrons. The smallest absolute Gasteiger partial charge is 0.411 e. The molecule has 1 aromatic heterocycles. The van der Waals surface area contributed by atoms with E-state index >= 15 is 0 Å². The Bertz CT molecular complexity index is 1330. The molecule has 0 bridgehead atoms. The van der Waals surface area contributed by atoms with Crippen LogP contribution < -0.4 is 10.9 Å². The topological polar surface area (TPSA) is 76.5 Å². The van der Waals surface area contributed by atoms with Crippen molar-refractivity contribution in [2.75, 3.05) is 32.6 Å². The standard InChI is InChI=1S/C28H30N4O3/c1-31(2)18-8-9-19-35-28(34)29-23-16-14-21(15-17-23)20-32-27(33)25-13-7-6-12-24(25)26(30-32)22-10-4-3-5-11-22/h3-7,10-17H,8-9,18-20H2,1-2H3,(H,29,34). The van der Waals surface area contributed by atoms with Crippen LogP contribution in [-0.2, 0) is 11.3 Å². The minimum Gasteiger partial charge on any atom is -0.449 e. The summed E-state index contributed by atoms with van der Waals surface area (Å²) in [4.78, 5) is 27.3. The highest BCUT2D eigenvalue weighted by Crippen LogP contribution is 2.24. The molecular weight excluding hydrogens is 440 g/mol. The molecule has 4 aromatic rings. The van der Waals surface area contributed by atoms with Crippen molar-refractivity contribution in [2.45, 2.75) is 19.4 Å². The van der Waals surface area contributed by atoms with E-state index in [2.05, 4.69) is 10.2 Å². The summed E-state index contributed by atoms with van der Waals surface area (Å²) in [5.74, 6) is 0. The van der Waals surface area contributed by atoms with Crippen LogP contribution >= 0.6 is 0 Å². The van der Waals surface area contributed by atoms with Crippen molar-refractivity contribution >= 4 is 22.6 Å². The van der Waals surface area contributed by atoms with E-state index < -0.39 is 6.09 Å². The Morgan fingerprint density at radius 2 is 1.60 bits per heavy atom. The van der Waals surface area contributed by atoms with E-state index in [1.165, 1.54) is 4.68 Å². The third kappa shape index (κ3) is 6.33. The third-order valence-corrected chi connectivity index (χ3v) is 5.68. The zero-order valence-corrected chi connectivity index (χ0v) is 20.1. The molecule has 4 rings (SSSR count). The van der Waals surface area contributed by atoms with Crippen LogP contribution in [0.5, 0.6) is 0 Å². The number of unbranched alkanes of at least 4 members (excludes halogenated alkanes) is 1. The highest BCUT2D eigenvalue weighted by atomic mass is 16.5. The molecule has 0 aliphatic rings. The molecule has 7 nitrogen and oxygen atoms in total. The number of ether oxygens (including phenoxy) is 1. The number of amides is 1. The van der Waals surface area contributed by atoms with Crippen molar-refractivity contribution < 1.29 is 9.53 Å². The Balaban J connectivity index is 1.46. The first kappa shape index (κ1) is 24.2. The molecule has 1 heterocycles. The predicted molar refractivity (Wildman–Crippen MR) is 140 cm³/mol. The fourth-order valence-electron chi connectivity index (χ4n) is 3.87. The lowest BCUT2D eigenvalue weighted by atomic mass is 10.1. The molecule has 0 saturated carbocycles. The number of hydrogen-bond donors (Lipinski definition) is 1. The van der Waals surface area contributed by atoms with Crippen molar-refractivity contribution in [1.82, 2.24) is 14.7 Å². The van der Waals surface area contributed by atoms with Gasteiger partial charge in [0.05, 0.1) is 24.2 Å². The largest absolute Gasteiger partial charge is 0.449 e. The third-order valence-electron chi connectivity index (χ3n) is 5.68. The average Bonchev–Trinajstić information content (AvgIpc) is 2.87. The molecular formula is C28H30N4O3. The molecule has 1 N–H and O–H groups in total. The molecule has 7 heteroatoms. The summed E-state index contributed by atoms with van der Waals surface area (Å²) in [5, 5.41) is 8.92. The summed E-state index contributed by atoms with van der Waals surface area (Å²) in [5.41, 5.74) is 3.12. The van der Waals surface area contributed by atoms with Gasteiger partial charge in [-0.2, -0.15) is 5.10 Å². The molecule has 0 aliphatic carbocycles. The summed E-state index contributed by atoms with van der Waals surface area (Å²) < 4.78 is 6.74. The van der Waals surface area contributed by atoms with Gasteiger partial charge >= 0.3 is 6.09 Å². The lowest BCUT2D eigenvalue weighted by molar-refractivity contribution is 0.158. The number of carbonyl (C=O) groups is 1. The molecule has 35 heavy (non-hydrogen) atoms. The van der Waals surface area contributed by atoms with Crippen LogP contribution in [-0.4, -0.2) is 48.0 Å². The maximum atomic E-state index is 13.1. The van der Waals surface area contributed by atoms with E-state index in [1.807, 2.05) is 80.8 Å². The van der Waals surface area contributed by atoms with E-state index in [9.17, 15) is 9.59 Å². The van der Waals surface area contributed by atoms with Gasteiger partial charge in [-0.25, -0.2) is 9.48 Å². The number of nitrogens with one attached hydrogen (secondary N) is 1. The van der Waals surface area contributed by atoms with E-state index in [0.29, 0.717) is 24.2 Å². The number of nitrogens with zero attached hydrogens (tertiary/aromatic N) is 3. The predicted octanol–water partition coefficient (Wildman–Crippen LogP) is 5.00. The van der Waals surface area contributed by atoms with Gasteiger partial charge < -0.3 is 9.64 Å². The van der Waals surface area contributed by atoms with Crippen molar-refractivity contribution in [3.63, 3.8) is 0 Å². The molecule has 0 aliphatic heterocycles. The van der Waals surface area contributed by atoms with Crippen molar-refractivity contribution in [3.05, 3.63) is 94.8 Å². The fraction of sp³-hybridized carbons (Fsp3) is 0.250. The van der Waals surface area contributed by atoms with E-state index in [-0.39, 0.29) is 5.56 Å². The summed E-state index contributed by atoms with van der Waals surface area (Å²) in [6, 6.07) is 24.7. The van der Waals surface area contributed by atoms with Crippen molar-refractivity contribution in [3.8, 4) is 11.3 Å². The number of benzene rings is 3. The van der Waals surface area contributed by atoms with Crippen LogP contribution in [0.1, 0.15) is 18.4 Å². The molecule has 0 atom stereocenters. The molecule has 0 saturated heterocycles. The van der Waals surface area contributed by atoms with E-state index in [1.54, 1.807) is 12.1 Å². The molecule has 0 fully saturated rings. The SMILES string of the molecule is CN(C)CCCCOC(=O)Nc1ccc(Cn2nc(-c3ccccc3)c3ccccc3c2=O)cc1. The highest BCUT2D eigenvalue weighted by molar-refractivity contribution is 5.93. The number of fused-ring (bicyclic) bond motifs is 1. The summed E-state index contributed by atoms with van der Waals surface area (Å²) in [6.07, 6.45) is 1.33. The summed E-state index contributed by atoms with van der Waals surface area (Å²) in [7, 11) is 4.04. The second-order valence-electron chi connectivity index (χ2n) is 8.69. The number of anilines is 1. The maximum Gasteiger partial charge on any atom is 0.411 e. The first-order valence-corrected chi connectivity index (χ1v) is 11.7. The van der Waals surface area contributed by atoms with Crippen LogP contribution in [0.15, 0.2) is 83.7 Å². The molecule has 1 amide bonds. The first-order valence-electron chi connectivity index (χ1n) is 11.7. The van der Waals surface area contributed by atoms with Gasteiger partial charge in [0.25, 0.3) is 5.56 Å². The van der Waals surface area contributed by atoms with Crippen LogP contribution in [0, 0.1) is 0 Å². The monoisotopic (exact) mass is 470 g/mol. The van der Waals surface area contributed by atoms with Gasteiger partial charge in [0, 0.05) is 16.6 Å². The summed E-state index contributed by atoms with van der Waals surface area (Å²) >= 11 is 0. The maximum absolute atomic E-state index is 13.1.